The molecule has 2 N–H and O–H groups in total. The maximum atomic E-state index is 5.98. The van der Waals surface area contributed by atoms with Gasteiger partial charge in [0, 0.05) is 24.7 Å². The van der Waals surface area contributed by atoms with Gasteiger partial charge >= 0.3 is 0 Å². The van der Waals surface area contributed by atoms with Crippen LogP contribution in [0.2, 0.25) is 0 Å². The van der Waals surface area contributed by atoms with Gasteiger partial charge in [-0.15, -0.1) is 6.58 Å². The number of hydrogen-bond donors (Lipinski definition) is 1. The number of hydrogen-bond acceptors (Lipinski definition) is 3. The predicted molar refractivity (Wildman–Crippen MR) is 54.6 cm³/mol. The molecule has 1 fully saturated rings. The van der Waals surface area contributed by atoms with E-state index in [0.717, 1.165) is 26.3 Å². The summed E-state index contributed by atoms with van der Waals surface area (Å²) in [6.07, 6.45) is 1.81. The summed E-state index contributed by atoms with van der Waals surface area (Å²) in [6, 6.07) is 0.0191. The molecule has 1 rings (SSSR count). The molecule has 1 saturated heterocycles. The standard InChI is InChI=1S/C10H20N2O/c1-4-9(11)10(2,3)12-5-7-13-8-6-12/h4,9H,1,5-8,11H2,2-3H3. The lowest BCUT2D eigenvalue weighted by Crippen LogP contribution is -2.58. The van der Waals surface area contributed by atoms with Crippen molar-refractivity contribution in [2.75, 3.05) is 26.3 Å². The van der Waals surface area contributed by atoms with Crippen molar-refractivity contribution in [3.05, 3.63) is 12.7 Å². The lowest BCUT2D eigenvalue weighted by Gasteiger charge is -2.43. The van der Waals surface area contributed by atoms with Gasteiger partial charge in [0.25, 0.3) is 0 Å². The lowest BCUT2D eigenvalue weighted by atomic mass is 9.92. The Morgan fingerprint density at radius 1 is 1.46 bits per heavy atom. The van der Waals surface area contributed by atoms with Crippen LogP contribution in [-0.2, 0) is 4.74 Å². The monoisotopic (exact) mass is 184 g/mol. The summed E-state index contributed by atoms with van der Waals surface area (Å²) in [6.45, 7) is 11.6. The van der Waals surface area contributed by atoms with E-state index in [1.807, 2.05) is 6.08 Å². The lowest BCUT2D eigenvalue weighted by molar-refractivity contribution is -0.0138. The Morgan fingerprint density at radius 3 is 2.46 bits per heavy atom. The molecule has 0 aromatic carbocycles. The average molecular weight is 184 g/mol. The minimum atomic E-state index is -0.00840. The first-order valence-corrected chi connectivity index (χ1v) is 4.80. The van der Waals surface area contributed by atoms with Crippen LogP contribution in [0.15, 0.2) is 12.7 Å². The van der Waals surface area contributed by atoms with E-state index in [1.165, 1.54) is 0 Å². The second-order valence-corrected chi connectivity index (χ2v) is 4.01. The summed E-state index contributed by atoms with van der Waals surface area (Å²) in [7, 11) is 0. The molecule has 0 amide bonds. The molecule has 0 aromatic heterocycles. The highest BCUT2D eigenvalue weighted by atomic mass is 16.5. The van der Waals surface area contributed by atoms with Crippen LogP contribution in [0.25, 0.3) is 0 Å². The van der Waals surface area contributed by atoms with Crippen LogP contribution in [0.5, 0.6) is 0 Å². The third kappa shape index (κ3) is 2.30. The number of nitrogens with zero attached hydrogens (tertiary/aromatic N) is 1. The maximum absolute atomic E-state index is 5.98. The Kier molecular flexibility index (Phi) is 3.47. The molecule has 0 saturated carbocycles. The van der Waals surface area contributed by atoms with Gasteiger partial charge in [-0.1, -0.05) is 6.08 Å². The van der Waals surface area contributed by atoms with Gasteiger partial charge in [-0.25, -0.2) is 0 Å². The van der Waals surface area contributed by atoms with Crippen LogP contribution >= 0.6 is 0 Å². The Labute approximate surface area is 80.5 Å². The number of rotatable bonds is 3. The largest absolute Gasteiger partial charge is 0.379 e. The van der Waals surface area contributed by atoms with Crippen molar-refractivity contribution in [3.63, 3.8) is 0 Å². The van der Waals surface area contributed by atoms with Crippen LogP contribution in [-0.4, -0.2) is 42.8 Å². The van der Waals surface area contributed by atoms with Gasteiger partial charge in [-0.2, -0.15) is 0 Å². The smallest absolute Gasteiger partial charge is 0.0594 e. The van der Waals surface area contributed by atoms with Gasteiger partial charge in [0.2, 0.25) is 0 Å². The zero-order valence-electron chi connectivity index (χ0n) is 8.62. The van der Waals surface area contributed by atoms with Gasteiger partial charge in [0.15, 0.2) is 0 Å². The van der Waals surface area contributed by atoms with Crippen molar-refractivity contribution in [3.8, 4) is 0 Å². The highest BCUT2D eigenvalue weighted by molar-refractivity contribution is 5.01. The van der Waals surface area contributed by atoms with Gasteiger partial charge in [-0.3, -0.25) is 4.90 Å². The molecule has 1 heterocycles. The zero-order chi connectivity index (χ0) is 9.90. The van der Waals surface area contributed by atoms with E-state index in [1.54, 1.807) is 0 Å². The van der Waals surface area contributed by atoms with Crippen LogP contribution < -0.4 is 5.73 Å². The third-order valence-electron chi connectivity index (χ3n) is 2.90. The van der Waals surface area contributed by atoms with E-state index in [0.29, 0.717) is 0 Å². The van der Waals surface area contributed by atoms with Crippen molar-refractivity contribution in [2.45, 2.75) is 25.4 Å². The summed E-state index contributed by atoms with van der Waals surface area (Å²) in [4.78, 5) is 2.36. The fourth-order valence-corrected chi connectivity index (χ4v) is 1.64. The number of nitrogens with two attached hydrogens (primary N) is 1. The van der Waals surface area contributed by atoms with E-state index < -0.39 is 0 Å². The summed E-state index contributed by atoms with van der Waals surface area (Å²) in [5.74, 6) is 0. The van der Waals surface area contributed by atoms with Crippen LogP contribution in [0.1, 0.15) is 13.8 Å². The zero-order valence-corrected chi connectivity index (χ0v) is 8.62. The highest BCUT2D eigenvalue weighted by Crippen LogP contribution is 2.19. The molecule has 0 aliphatic carbocycles. The molecule has 13 heavy (non-hydrogen) atoms. The minimum Gasteiger partial charge on any atom is -0.379 e. The van der Waals surface area contributed by atoms with E-state index in [-0.39, 0.29) is 11.6 Å². The first-order valence-electron chi connectivity index (χ1n) is 4.80. The average Bonchev–Trinajstić information content (AvgIpc) is 2.18. The Morgan fingerprint density at radius 2 is 2.00 bits per heavy atom. The molecule has 0 radical (unpaired) electrons. The molecule has 0 aromatic rings. The Hall–Kier alpha value is -0.380. The normalized spacial score (nSPS) is 22.7. The molecule has 1 atom stereocenters. The van der Waals surface area contributed by atoms with Crippen molar-refractivity contribution < 1.29 is 4.74 Å². The number of ether oxygens (including phenoxy) is 1. The van der Waals surface area contributed by atoms with Gasteiger partial charge in [0.1, 0.15) is 0 Å². The van der Waals surface area contributed by atoms with E-state index >= 15 is 0 Å². The first kappa shape index (κ1) is 10.7. The van der Waals surface area contributed by atoms with Crippen LogP contribution in [0.3, 0.4) is 0 Å². The maximum Gasteiger partial charge on any atom is 0.0594 e. The highest BCUT2D eigenvalue weighted by Gasteiger charge is 2.32. The molecule has 3 heteroatoms. The van der Waals surface area contributed by atoms with Gasteiger partial charge in [0.05, 0.1) is 13.2 Å². The van der Waals surface area contributed by atoms with Crippen molar-refractivity contribution >= 4 is 0 Å². The van der Waals surface area contributed by atoms with Crippen molar-refractivity contribution in [1.29, 1.82) is 0 Å². The first-order chi connectivity index (χ1) is 6.09. The fraction of sp³-hybridized carbons (Fsp3) is 0.800. The summed E-state index contributed by atoms with van der Waals surface area (Å²) in [5, 5.41) is 0. The minimum absolute atomic E-state index is 0.00840. The second-order valence-electron chi connectivity index (χ2n) is 4.01. The molecule has 0 spiro atoms. The number of morpholine rings is 1. The van der Waals surface area contributed by atoms with Crippen molar-refractivity contribution in [2.24, 2.45) is 5.73 Å². The van der Waals surface area contributed by atoms with Crippen LogP contribution in [0, 0.1) is 0 Å². The Balaban J connectivity index is 2.60. The fourth-order valence-electron chi connectivity index (χ4n) is 1.64. The molecule has 76 valence electrons. The van der Waals surface area contributed by atoms with Gasteiger partial charge in [-0.05, 0) is 13.8 Å². The third-order valence-corrected chi connectivity index (χ3v) is 2.90. The molecule has 1 aliphatic heterocycles. The predicted octanol–water partition coefficient (Wildman–Crippen LogP) is 0.611. The summed E-state index contributed by atoms with van der Waals surface area (Å²) >= 11 is 0. The molecular weight excluding hydrogens is 164 g/mol. The quantitative estimate of drug-likeness (QED) is 0.653. The SMILES string of the molecule is C=CC(N)C(C)(C)N1CCOCC1. The van der Waals surface area contributed by atoms with E-state index in [9.17, 15) is 0 Å². The van der Waals surface area contributed by atoms with Gasteiger partial charge < -0.3 is 10.5 Å². The van der Waals surface area contributed by atoms with E-state index in [4.69, 9.17) is 10.5 Å². The second kappa shape index (κ2) is 4.22. The topological polar surface area (TPSA) is 38.5 Å². The summed E-state index contributed by atoms with van der Waals surface area (Å²) < 4.78 is 5.30. The molecule has 3 nitrogen and oxygen atoms in total. The van der Waals surface area contributed by atoms with E-state index in [2.05, 4.69) is 25.3 Å². The van der Waals surface area contributed by atoms with Crippen molar-refractivity contribution in [1.82, 2.24) is 4.90 Å². The molecule has 1 aliphatic rings. The molecular formula is C10H20N2O. The molecule has 1 unspecified atom stereocenters. The molecule has 0 bridgehead atoms. The summed E-state index contributed by atoms with van der Waals surface area (Å²) in [5.41, 5.74) is 5.97. The Bertz CT molecular complexity index is 174. The van der Waals surface area contributed by atoms with Crippen LogP contribution in [0.4, 0.5) is 0 Å².